The third kappa shape index (κ3) is 6.51. The highest BCUT2D eigenvalue weighted by molar-refractivity contribution is 14.1. The van der Waals surface area contributed by atoms with Gasteiger partial charge in [-0.1, -0.05) is 135 Å². The molecule has 0 saturated heterocycles. The first-order valence-corrected chi connectivity index (χ1v) is 18.5. The molecule has 238 valence electrons. The Hall–Kier alpha value is -4.43. The molecule has 2 aromatic heterocycles. The van der Waals surface area contributed by atoms with E-state index < -0.39 is 0 Å². The predicted octanol–water partition coefficient (Wildman–Crippen LogP) is 15.2. The maximum absolute atomic E-state index is 6.17. The molecule has 0 fully saturated rings. The van der Waals surface area contributed by atoms with Crippen LogP contribution in [0.5, 0.6) is 0 Å². The van der Waals surface area contributed by atoms with Gasteiger partial charge in [-0.3, -0.25) is 0 Å². The van der Waals surface area contributed by atoms with Crippen molar-refractivity contribution in [3.8, 4) is 11.1 Å². The summed E-state index contributed by atoms with van der Waals surface area (Å²) < 4.78 is 15.6. The lowest BCUT2D eigenvalue weighted by molar-refractivity contribution is 0.672. The quantitative estimate of drug-likeness (QED) is 0.154. The van der Waals surface area contributed by atoms with Crippen molar-refractivity contribution >= 4 is 120 Å². The van der Waals surface area contributed by atoms with Gasteiger partial charge < -0.3 is 8.83 Å². The van der Waals surface area contributed by atoms with E-state index in [1.165, 1.54) is 47.0 Å². The number of fused-ring (bicyclic) bond motifs is 10. The summed E-state index contributed by atoms with van der Waals surface area (Å²) in [5.41, 5.74) is 6.24. The molecule has 0 bridgehead atoms. The summed E-state index contributed by atoms with van der Waals surface area (Å²) in [6, 6.07) is 56.4. The monoisotopic (exact) mass is 874 g/mol. The molecule has 8 aromatic carbocycles. The third-order valence-corrected chi connectivity index (χ3v) is 10.2. The second-order valence-electron chi connectivity index (χ2n) is 11.7. The summed E-state index contributed by atoms with van der Waals surface area (Å²) in [6.45, 7) is 0. The Kier molecular flexibility index (Phi) is 8.98. The minimum Gasteiger partial charge on any atom is -0.455 e. The van der Waals surface area contributed by atoms with E-state index in [0.717, 1.165) is 42.0 Å². The summed E-state index contributed by atoms with van der Waals surface area (Å²) in [4.78, 5) is 0. The van der Waals surface area contributed by atoms with Gasteiger partial charge in [0.05, 0.1) is 0 Å². The normalized spacial score (nSPS) is 11.2. The molecule has 5 heteroatoms. The van der Waals surface area contributed by atoms with E-state index in [2.05, 4.69) is 182 Å². The number of halogens is 3. The molecule has 0 saturated carbocycles. The number of benzene rings is 8. The van der Waals surface area contributed by atoms with Crippen molar-refractivity contribution in [1.29, 1.82) is 0 Å². The van der Waals surface area contributed by atoms with Crippen molar-refractivity contribution in [2.75, 3.05) is 0 Å². The van der Waals surface area contributed by atoms with Crippen molar-refractivity contribution in [2.45, 2.75) is 0 Å². The smallest absolute Gasteiger partial charge is 0.143 e. The number of para-hydroxylation sites is 1. The predicted molar refractivity (Wildman–Crippen MR) is 225 cm³/mol. The summed E-state index contributed by atoms with van der Waals surface area (Å²) in [5.74, 6) is 0. The Bertz CT molecular complexity index is 2770. The second kappa shape index (κ2) is 13.8. The van der Waals surface area contributed by atoms with Crippen LogP contribution in [0.1, 0.15) is 1.43 Å². The maximum Gasteiger partial charge on any atom is 0.143 e. The molecule has 2 heterocycles. The molecule has 0 aliphatic carbocycles. The Balaban J connectivity index is 0.000000131. The van der Waals surface area contributed by atoms with Crippen LogP contribution in [0.3, 0.4) is 0 Å². The van der Waals surface area contributed by atoms with Crippen molar-refractivity contribution in [3.63, 3.8) is 0 Å². The van der Waals surface area contributed by atoms with Crippen molar-refractivity contribution in [2.24, 2.45) is 0 Å². The first-order valence-electron chi connectivity index (χ1n) is 15.8. The van der Waals surface area contributed by atoms with Gasteiger partial charge in [0.2, 0.25) is 0 Å². The number of hydrogen-bond acceptors (Lipinski definition) is 2. The molecule has 0 amide bonds. The standard InChI is InChI=1S/C22H13BrO.C16H10O.C6H4BrI.H2/c23-17-6-3-5-15(12-17)16-9-11-21-20(13-16)19-10-8-14-4-1-2-7-18(14)22(19)24-21;1-2-6-12-11(5-1)9-10-14-13-7-3-4-8-15(13)17-16(12)14;7-5-2-1-3-6(8)4-5;/h1-13H;1-10H;1-4H;1H. The molecule has 49 heavy (non-hydrogen) atoms. The summed E-state index contributed by atoms with van der Waals surface area (Å²) in [5, 5.41) is 9.48. The van der Waals surface area contributed by atoms with Crippen LogP contribution in [0.4, 0.5) is 0 Å². The Labute approximate surface area is 315 Å². The van der Waals surface area contributed by atoms with Crippen LogP contribution in [0, 0.1) is 3.57 Å². The van der Waals surface area contributed by atoms with E-state index >= 15 is 0 Å². The van der Waals surface area contributed by atoms with Crippen LogP contribution in [0.2, 0.25) is 0 Å². The number of rotatable bonds is 1. The van der Waals surface area contributed by atoms with Crippen molar-refractivity contribution < 1.29 is 10.3 Å². The molecule has 0 aliphatic rings. The summed E-state index contributed by atoms with van der Waals surface area (Å²) in [6.07, 6.45) is 0. The van der Waals surface area contributed by atoms with Gasteiger partial charge in [-0.05, 0) is 105 Å². The van der Waals surface area contributed by atoms with Crippen LogP contribution in [-0.2, 0) is 0 Å². The Morgan fingerprint density at radius 1 is 0.388 bits per heavy atom. The van der Waals surface area contributed by atoms with Gasteiger partial charge >= 0.3 is 0 Å². The highest BCUT2D eigenvalue weighted by Crippen LogP contribution is 2.37. The average molecular weight is 876 g/mol. The van der Waals surface area contributed by atoms with Gasteiger partial charge in [0.25, 0.3) is 0 Å². The SMILES string of the molecule is Brc1cccc(-c2ccc3oc4c5ccccc5ccc4c3c2)c1.Brc1cccc(I)c1.[HH].c1ccc2c(c1)ccc1c3ccccc3oc21. The molecule has 0 atom stereocenters. The van der Waals surface area contributed by atoms with Crippen molar-refractivity contribution in [1.82, 2.24) is 0 Å². The van der Waals surface area contributed by atoms with Crippen LogP contribution in [0.25, 0.3) is 76.5 Å². The molecule has 0 N–H and O–H groups in total. The lowest BCUT2D eigenvalue weighted by atomic mass is 10.0. The van der Waals surface area contributed by atoms with Crippen LogP contribution in [-0.4, -0.2) is 0 Å². The Morgan fingerprint density at radius 3 is 1.53 bits per heavy atom. The third-order valence-electron chi connectivity index (χ3n) is 8.57. The Morgan fingerprint density at radius 2 is 0.918 bits per heavy atom. The summed E-state index contributed by atoms with van der Waals surface area (Å²) >= 11 is 9.18. The molecule has 0 radical (unpaired) electrons. The first-order chi connectivity index (χ1) is 24.0. The molecule has 10 aromatic rings. The van der Waals surface area contributed by atoms with E-state index in [1.54, 1.807) is 0 Å². The molecule has 0 spiro atoms. The lowest BCUT2D eigenvalue weighted by Gasteiger charge is -2.02. The van der Waals surface area contributed by atoms with Crippen molar-refractivity contribution in [3.05, 3.63) is 176 Å². The number of furan rings is 2. The van der Waals surface area contributed by atoms with E-state index in [1.807, 2.05) is 36.4 Å². The largest absolute Gasteiger partial charge is 0.455 e. The molecular weight excluding hydrogens is 847 g/mol. The molecule has 2 nitrogen and oxygen atoms in total. The summed E-state index contributed by atoms with van der Waals surface area (Å²) in [7, 11) is 0. The van der Waals surface area contributed by atoms with Gasteiger partial charge in [-0.25, -0.2) is 0 Å². The van der Waals surface area contributed by atoms with E-state index in [9.17, 15) is 0 Å². The fourth-order valence-corrected chi connectivity index (χ4v) is 8.03. The van der Waals surface area contributed by atoms with Crippen LogP contribution >= 0.6 is 54.5 Å². The van der Waals surface area contributed by atoms with Gasteiger partial charge in [0, 0.05) is 46.3 Å². The fourth-order valence-electron chi connectivity index (χ4n) is 6.27. The topological polar surface area (TPSA) is 26.3 Å². The molecule has 10 rings (SSSR count). The molecular formula is C44H29Br2IO2. The van der Waals surface area contributed by atoms with Gasteiger partial charge in [0.15, 0.2) is 0 Å². The first kappa shape index (κ1) is 31.8. The van der Waals surface area contributed by atoms with Gasteiger partial charge in [-0.15, -0.1) is 0 Å². The highest BCUT2D eigenvalue weighted by atomic mass is 127. The number of hydrogen-bond donors (Lipinski definition) is 0. The highest BCUT2D eigenvalue weighted by Gasteiger charge is 2.12. The average Bonchev–Trinajstić information content (AvgIpc) is 3.71. The zero-order valence-corrected chi connectivity index (χ0v) is 31.4. The lowest BCUT2D eigenvalue weighted by Crippen LogP contribution is -1.78. The fraction of sp³-hybridized carbons (Fsp3) is 0. The minimum absolute atomic E-state index is 0. The molecule has 0 unspecified atom stereocenters. The maximum atomic E-state index is 6.17. The van der Waals surface area contributed by atoms with E-state index in [0.29, 0.717) is 0 Å². The van der Waals surface area contributed by atoms with Gasteiger partial charge in [-0.2, -0.15) is 0 Å². The second-order valence-corrected chi connectivity index (χ2v) is 14.8. The van der Waals surface area contributed by atoms with Crippen LogP contribution < -0.4 is 0 Å². The molecule has 0 aliphatic heterocycles. The zero-order chi connectivity index (χ0) is 33.3. The van der Waals surface area contributed by atoms with Crippen LogP contribution in [0.15, 0.2) is 182 Å². The van der Waals surface area contributed by atoms with Gasteiger partial charge in [0.1, 0.15) is 22.3 Å². The van der Waals surface area contributed by atoms with E-state index in [4.69, 9.17) is 8.83 Å². The zero-order valence-electron chi connectivity index (χ0n) is 26.0. The van der Waals surface area contributed by atoms with E-state index in [-0.39, 0.29) is 1.43 Å². The minimum atomic E-state index is 0.